The number of methoxy groups -OCH3 is 1. The molecule has 0 saturated carbocycles. The summed E-state index contributed by atoms with van der Waals surface area (Å²) in [6.45, 7) is 5.35. The van der Waals surface area contributed by atoms with Gasteiger partial charge in [0, 0.05) is 23.0 Å². The van der Waals surface area contributed by atoms with E-state index in [-0.39, 0.29) is 19.4 Å². The van der Waals surface area contributed by atoms with Crippen molar-refractivity contribution in [2.45, 2.75) is 57.9 Å². The summed E-state index contributed by atoms with van der Waals surface area (Å²) in [5.74, 6) is -1.06. The summed E-state index contributed by atoms with van der Waals surface area (Å²) in [5, 5.41) is 0.934. The number of hydrogen-bond acceptors (Lipinski definition) is 6. The molecule has 0 aliphatic carbocycles. The minimum Gasteiger partial charge on any atom is -0.469 e. The van der Waals surface area contributed by atoms with Gasteiger partial charge in [0.05, 0.1) is 19.6 Å². The highest BCUT2D eigenvalue weighted by Gasteiger charge is 2.46. The molecule has 4 rings (SSSR count). The van der Waals surface area contributed by atoms with Gasteiger partial charge in [-0.05, 0) is 38.0 Å². The van der Waals surface area contributed by atoms with Gasteiger partial charge in [-0.25, -0.2) is 9.59 Å². The molecule has 8 nitrogen and oxygen atoms in total. The predicted octanol–water partition coefficient (Wildman–Crippen LogP) is 4.68. The molecule has 2 heterocycles. The lowest BCUT2D eigenvalue weighted by Crippen LogP contribution is -2.53. The third kappa shape index (κ3) is 5.31. The molecule has 0 radical (unpaired) electrons. The van der Waals surface area contributed by atoms with Crippen LogP contribution in [0, 0.1) is 0 Å². The lowest BCUT2D eigenvalue weighted by Gasteiger charge is -2.40. The van der Waals surface area contributed by atoms with Crippen LogP contribution in [0.1, 0.15) is 50.1 Å². The van der Waals surface area contributed by atoms with Gasteiger partial charge in [0.15, 0.2) is 0 Å². The summed E-state index contributed by atoms with van der Waals surface area (Å²) in [4.78, 5) is 44.0. The number of hydrogen-bond donors (Lipinski definition) is 1. The number of esters is 2. The number of nitrogens with zero attached hydrogens (tertiary/aromatic N) is 1. The fourth-order valence-electron chi connectivity index (χ4n) is 4.43. The first-order valence-electron chi connectivity index (χ1n) is 11.6. The molecule has 0 saturated heterocycles. The third-order valence-electron chi connectivity index (χ3n) is 5.93. The Labute approximate surface area is 204 Å². The van der Waals surface area contributed by atoms with Gasteiger partial charge in [0.1, 0.15) is 18.2 Å². The van der Waals surface area contributed by atoms with Crippen LogP contribution in [0.2, 0.25) is 0 Å². The van der Waals surface area contributed by atoms with Crippen LogP contribution in [-0.2, 0) is 36.8 Å². The average molecular weight is 479 g/mol. The van der Waals surface area contributed by atoms with Crippen molar-refractivity contribution < 1.29 is 28.6 Å². The lowest BCUT2D eigenvalue weighted by molar-refractivity contribution is -0.163. The molecule has 0 spiro atoms. The number of amides is 1. The van der Waals surface area contributed by atoms with Crippen molar-refractivity contribution >= 4 is 28.9 Å². The molecule has 0 bridgehead atoms. The summed E-state index contributed by atoms with van der Waals surface area (Å²) in [5.41, 5.74) is 2.47. The summed E-state index contributed by atoms with van der Waals surface area (Å²) >= 11 is 0. The predicted molar refractivity (Wildman–Crippen MR) is 129 cm³/mol. The van der Waals surface area contributed by atoms with Crippen LogP contribution in [0.4, 0.5) is 4.79 Å². The van der Waals surface area contributed by atoms with E-state index in [1.165, 1.54) is 12.0 Å². The molecule has 0 fully saturated rings. The topological polar surface area (TPSA) is 97.9 Å². The van der Waals surface area contributed by atoms with E-state index in [0.717, 1.165) is 22.0 Å². The Morgan fingerprint density at radius 1 is 1.03 bits per heavy atom. The van der Waals surface area contributed by atoms with E-state index in [1.54, 1.807) is 20.8 Å². The van der Waals surface area contributed by atoms with E-state index in [0.29, 0.717) is 5.69 Å². The average Bonchev–Trinajstić information content (AvgIpc) is 3.20. The number of H-pyrrole nitrogens is 1. The van der Waals surface area contributed by atoms with Crippen LogP contribution in [0.25, 0.3) is 10.9 Å². The normalized spacial score (nSPS) is 17.5. The number of aromatic nitrogens is 1. The maximum atomic E-state index is 13.5. The second-order valence-corrected chi connectivity index (χ2v) is 9.56. The highest BCUT2D eigenvalue weighted by atomic mass is 16.6. The number of fused-ring (bicyclic) bond motifs is 3. The lowest BCUT2D eigenvalue weighted by atomic mass is 9.90. The van der Waals surface area contributed by atoms with Gasteiger partial charge in [0.2, 0.25) is 0 Å². The molecule has 8 heteroatoms. The Morgan fingerprint density at radius 2 is 1.71 bits per heavy atom. The SMILES string of the molecule is COC(=O)C[C@H]1c2[nH]c3ccccc3c2C[C@@H](C(=O)OC(C)(C)C)N1C(=O)OCc1ccccc1. The van der Waals surface area contributed by atoms with E-state index < -0.39 is 35.7 Å². The molecule has 2 aromatic carbocycles. The molecular formula is C27H30N2O6. The molecule has 1 aliphatic rings. The smallest absolute Gasteiger partial charge is 0.411 e. The minimum absolute atomic E-state index is 0.0295. The first kappa shape index (κ1) is 24.3. The van der Waals surface area contributed by atoms with Gasteiger partial charge >= 0.3 is 18.0 Å². The van der Waals surface area contributed by atoms with Gasteiger partial charge in [-0.15, -0.1) is 0 Å². The fraction of sp³-hybridized carbons (Fsp3) is 0.370. The number of para-hydroxylation sites is 1. The van der Waals surface area contributed by atoms with E-state index >= 15 is 0 Å². The number of carbonyl (C=O) groups excluding carboxylic acids is 3. The molecule has 1 aromatic heterocycles. The molecule has 35 heavy (non-hydrogen) atoms. The maximum absolute atomic E-state index is 13.5. The minimum atomic E-state index is -0.973. The Kier molecular flexibility index (Phi) is 6.82. The Hall–Kier alpha value is -3.81. The van der Waals surface area contributed by atoms with Gasteiger partial charge in [0.25, 0.3) is 0 Å². The zero-order valence-corrected chi connectivity index (χ0v) is 20.4. The quantitative estimate of drug-likeness (QED) is 0.423. The van der Waals surface area contributed by atoms with Crippen molar-refractivity contribution in [1.82, 2.24) is 9.88 Å². The zero-order chi connectivity index (χ0) is 25.2. The molecule has 0 unspecified atom stereocenters. The van der Waals surface area contributed by atoms with E-state index in [2.05, 4.69) is 4.98 Å². The molecule has 1 aliphatic heterocycles. The van der Waals surface area contributed by atoms with Crippen LogP contribution < -0.4 is 0 Å². The number of benzene rings is 2. The Morgan fingerprint density at radius 3 is 2.40 bits per heavy atom. The van der Waals surface area contributed by atoms with E-state index in [4.69, 9.17) is 14.2 Å². The standard InChI is InChI=1S/C27H30N2O6/c1-27(2,3)35-25(31)22-14-19-18-12-8-9-13-20(18)28-24(19)21(15-23(30)33-4)29(22)26(32)34-16-17-10-6-5-7-11-17/h5-13,21-22,28H,14-16H2,1-4H3/t21-,22-/m0/s1. The number of rotatable bonds is 5. The number of ether oxygens (including phenoxy) is 3. The first-order chi connectivity index (χ1) is 16.7. The Balaban J connectivity index is 1.76. The van der Waals surface area contributed by atoms with Crippen molar-refractivity contribution in [3.05, 3.63) is 71.4 Å². The zero-order valence-electron chi connectivity index (χ0n) is 20.4. The highest BCUT2D eigenvalue weighted by Crippen LogP contribution is 2.40. The van der Waals surface area contributed by atoms with Crippen molar-refractivity contribution in [3.8, 4) is 0 Å². The number of nitrogens with one attached hydrogen (secondary N) is 1. The van der Waals surface area contributed by atoms with Gasteiger partial charge < -0.3 is 19.2 Å². The monoisotopic (exact) mass is 478 g/mol. The molecule has 1 amide bonds. The highest BCUT2D eigenvalue weighted by molar-refractivity contribution is 5.90. The van der Waals surface area contributed by atoms with Crippen molar-refractivity contribution in [3.63, 3.8) is 0 Å². The number of aromatic amines is 1. The van der Waals surface area contributed by atoms with Crippen LogP contribution in [-0.4, -0.2) is 46.7 Å². The first-order valence-corrected chi connectivity index (χ1v) is 11.6. The van der Waals surface area contributed by atoms with Crippen molar-refractivity contribution in [1.29, 1.82) is 0 Å². The third-order valence-corrected chi connectivity index (χ3v) is 5.93. The van der Waals surface area contributed by atoms with Crippen LogP contribution in [0.15, 0.2) is 54.6 Å². The summed E-state index contributed by atoms with van der Waals surface area (Å²) in [7, 11) is 1.29. The van der Waals surface area contributed by atoms with E-state index in [9.17, 15) is 14.4 Å². The molecular weight excluding hydrogens is 448 g/mol. The second-order valence-electron chi connectivity index (χ2n) is 9.56. The number of carbonyl (C=O) groups is 3. The molecule has 1 N–H and O–H groups in total. The summed E-state index contributed by atoms with van der Waals surface area (Å²) in [6.07, 6.45) is -0.620. The fourth-order valence-corrected chi connectivity index (χ4v) is 4.43. The van der Waals surface area contributed by atoms with Gasteiger partial charge in [-0.1, -0.05) is 48.5 Å². The van der Waals surface area contributed by atoms with E-state index in [1.807, 2.05) is 54.6 Å². The Bertz CT molecular complexity index is 1230. The van der Waals surface area contributed by atoms with Gasteiger partial charge in [-0.3, -0.25) is 9.69 Å². The van der Waals surface area contributed by atoms with Crippen LogP contribution in [0.5, 0.6) is 0 Å². The molecule has 3 aromatic rings. The largest absolute Gasteiger partial charge is 0.469 e. The van der Waals surface area contributed by atoms with Gasteiger partial charge in [-0.2, -0.15) is 0 Å². The summed E-state index contributed by atoms with van der Waals surface area (Å²) in [6, 6.07) is 15.2. The van der Waals surface area contributed by atoms with Crippen LogP contribution in [0.3, 0.4) is 0 Å². The van der Waals surface area contributed by atoms with Crippen molar-refractivity contribution in [2.24, 2.45) is 0 Å². The summed E-state index contributed by atoms with van der Waals surface area (Å²) < 4.78 is 16.2. The van der Waals surface area contributed by atoms with Crippen LogP contribution >= 0.6 is 0 Å². The van der Waals surface area contributed by atoms with Crippen molar-refractivity contribution in [2.75, 3.05) is 7.11 Å². The maximum Gasteiger partial charge on any atom is 0.411 e. The molecule has 2 atom stereocenters. The second kappa shape index (κ2) is 9.82. The molecule has 184 valence electrons.